The number of amides is 2. The third kappa shape index (κ3) is 6.54. The Bertz CT molecular complexity index is 1110. The van der Waals surface area contributed by atoms with Crippen LogP contribution in [0.15, 0.2) is 48.5 Å². The normalized spacial score (nSPS) is 12.2. The van der Waals surface area contributed by atoms with E-state index in [0.717, 1.165) is 36.0 Å². The zero-order valence-electron chi connectivity index (χ0n) is 20.2. The summed E-state index contributed by atoms with van der Waals surface area (Å²) in [5, 5.41) is 2.10. The minimum absolute atomic E-state index is 0.0571. The molecule has 0 aliphatic heterocycles. The van der Waals surface area contributed by atoms with Crippen molar-refractivity contribution < 1.29 is 41.1 Å². The predicted molar refractivity (Wildman–Crippen MR) is 125 cm³/mol. The van der Waals surface area contributed by atoms with Crippen LogP contribution >= 0.6 is 11.8 Å². The van der Waals surface area contributed by atoms with Crippen LogP contribution in [0.25, 0.3) is 0 Å². The van der Waals surface area contributed by atoms with E-state index >= 15 is 0 Å². The van der Waals surface area contributed by atoms with E-state index in [9.17, 15) is 36.3 Å². The molecule has 0 saturated carbocycles. The van der Waals surface area contributed by atoms with Gasteiger partial charge in [-0.3, -0.25) is 14.4 Å². The Kier molecular flexibility index (Phi) is 8.77. The van der Waals surface area contributed by atoms with Gasteiger partial charge in [0.15, 0.2) is 0 Å². The van der Waals surface area contributed by atoms with E-state index in [1.54, 1.807) is 46.1 Å². The molecule has 0 bridgehead atoms. The highest BCUT2D eigenvalue weighted by atomic mass is 32.2. The number of hydrazine groups is 1. The van der Waals surface area contributed by atoms with Crippen molar-refractivity contribution in [2.75, 3.05) is 12.8 Å². The first kappa shape index (κ1) is 29.1. The molecule has 0 aliphatic carbocycles. The van der Waals surface area contributed by atoms with Crippen LogP contribution in [-0.2, 0) is 0 Å². The van der Waals surface area contributed by atoms with Crippen molar-refractivity contribution >= 4 is 28.7 Å². The maximum absolute atomic E-state index is 13.4. The molecule has 36 heavy (non-hydrogen) atoms. The third-order valence-electron chi connectivity index (χ3n) is 4.81. The van der Waals surface area contributed by atoms with E-state index in [1.165, 1.54) is 22.2 Å². The fraction of sp³-hybridized carbons (Fsp3) is 0.375. The second-order valence-corrected chi connectivity index (χ2v) is 9.30. The molecule has 2 amide bonds. The molecule has 2 aromatic rings. The SMILES string of the molecule is CCN(C(=O)c1cccc(C(=O)SC)c1)N(C(=O)c1ccc(OC(F)(F)C(F)(F)F)cc1)C(C)(C)C. The number of carbonyl (C=O) groups is 3. The maximum Gasteiger partial charge on any atom is 0.499 e. The van der Waals surface area contributed by atoms with Crippen molar-refractivity contribution in [2.24, 2.45) is 0 Å². The van der Waals surface area contributed by atoms with Crippen LogP contribution in [0, 0.1) is 0 Å². The number of halogens is 5. The van der Waals surface area contributed by atoms with Gasteiger partial charge >= 0.3 is 12.3 Å². The van der Waals surface area contributed by atoms with Gasteiger partial charge in [-0.05, 0) is 70.3 Å². The molecule has 2 rings (SSSR count). The fourth-order valence-corrected chi connectivity index (χ4v) is 3.55. The molecule has 0 radical (unpaired) electrons. The van der Waals surface area contributed by atoms with Crippen molar-refractivity contribution in [3.05, 3.63) is 65.2 Å². The van der Waals surface area contributed by atoms with Crippen LogP contribution in [0.1, 0.15) is 58.8 Å². The van der Waals surface area contributed by atoms with E-state index in [0.29, 0.717) is 5.56 Å². The maximum atomic E-state index is 13.4. The van der Waals surface area contributed by atoms with Crippen molar-refractivity contribution in [1.82, 2.24) is 10.0 Å². The third-order valence-corrected chi connectivity index (χ3v) is 5.42. The Morgan fingerprint density at radius 2 is 1.42 bits per heavy atom. The molecule has 6 nitrogen and oxygen atoms in total. The van der Waals surface area contributed by atoms with Gasteiger partial charge in [0.2, 0.25) is 5.12 Å². The zero-order valence-corrected chi connectivity index (χ0v) is 21.0. The van der Waals surface area contributed by atoms with Crippen LogP contribution in [0.5, 0.6) is 5.75 Å². The van der Waals surface area contributed by atoms with E-state index in [2.05, 4.69) is 4.74 Å². The molecule has 196 valence electrons. The van der Waals surface area contributed by atoms with Gasteiger partial charge in [-0.1, -0.05) is 23.9 Å². The summed E-state index contributed by atoms with van der Waals surface area (Å²) >= 11 is 0.983. The van der Waals surface area contributed by atoms with E-state index < -0.39 is 35.4 Å². The van der Waals surface area contributed by atoms with Gasteiger partial charge in [-0.25, -0.2) is 10.0 Å². The molecular formula is C24H25F5N2O4S. The number of hydrogen-bond acceptors (Lipinski definition) is 5. The summed E-state index contributed by atoms with van der Waals surface area (Å²) in [6.07, 6.45) is -9.71. The average molecular weight is 533 g/mol. The monoisotopic (exact) mass is 532 g/mol. The lowest BCUT2D eigenvalue weighted by atomic mass is 10.1. The summed E-state index contributed by atoms with van der Waals surface area (Å²) in [4.78, 5) is 38.8. The summed E-state index contributed by atoms with van der Waals surface area (Å²) in [7, 11) is 0. The Morgan fingerprint density at radius 1 is 0.861 bits per heavy atom. The average Bonchev–Trinajstić information content (AvgIpc) is 2.79. The summed E-state index contributed by atoms with van der Waals surface area (Å²) in [5.41, 5.74) is -0.556. The first-order valence-corrected chi connectivity index (χ1v) is 11.8. The Labute approximate surface area is 209 Å². The van der Waals surface area contributed by atoms with Crippen LogP contribution in [0.3, 0.4) is 0 Å². The standard InChI is InChI=1S/C24H25F5N2O4S/c1-6-30(19(32)16-8-7-9-17(14-16)21(34)36-5)31(22(2,3)4)20(33)15-10-12-18(13-11-15)35-24(28,29)23(25,26)27/h7-14H,6H2,1-5H3. The largest absolute Gasteiger partial charge is 0.499 e. The van der Waals surface area contributed by atoms with Crippen molar-refractivity contribution in [2.45, 2.75) is 45.5 Å². The Hall–Kier alpha value is -3.15. The van der Waals surface area contributed by atoms with Gasteiger partial charge < -0.3 is 4.74 Å². The molecule has 0 aromatic heterocycles. The molecule has 2 aromatic carbocycles. The highest BCUT2D eigenvalue weighted by Crippen LogP contribution is 2.37. The first-order valence-electron chi connectivity index (χ1n) is 10.6. The number of rotatable bonds is 6. The van der Waals surface area contributed by atoms with Gasteiger partial charge in [0.1, 0.15) is 5.75 Å². The molecular weight excluding hydrogens is 507 g/mol. The second-order valence-electron chi connectivity index (χ2n) is 8.52. The lowest BCUT2D eigenvalue weighted by Crippen LogP contribution is -2.58. The molecule has 0 spiro atoms. The van der Waals surface area contributed by atoms with Gasteiger partial charge in [0, 0.05) is 23.2 Å². The van der Waals surface area contributed by atoms with Crippen LogP contribution in [-0.4, -0.2) is 57.6 Å². The zero-order chi connectivity index (χ0) is 27.5. The fourth-order valence-electron chi connectivity index (χ4n) is 3.19. The number of nitrogens with zero attached hydrogens (tertiary/aromatic N) is 2. The van der Waals surface area contributed by atoms with Gasteiger partial charge in [-0.2, -0.15) is 22.0 Å². The number of benzene rings is 2. The highest BCUT2D eigenvalue weighted by molar-refractivity contribution is 8.13. The quantitative estimate of drug-likeness (QED) is 0.335. The summed E-state index contributed by atoms with van der Waals surface area (Å²) in [6.45, 7) is 6.68. The Balaban J connectivity index is 2.39. The Morgan fingerprint density at radius 3 is 1.89 bits per heavy atom. The van der Waals surface area contributed by atoms with Crippen LogP contribution < -0.4 is 4.74 Å². The van der Waals surface area contributed by atoms with Crippen LogP contribution in [0.2, 0.25) is 0 Å². The number of ether oxygens (including phenoxy) is 1. The molecule has 0 saturated heterocycles. The lowest BCUT2D eigenvalue weighted by Gasteiger charge is -2.43. The number of carbonyl (C=O) groups excluding carboxylic acids is 3. The number of alkyl halides is 5. The van der Waals surface area contributed by atoms with Gasteiger partial charge in [0.25, 0.3) is 11.8 Å². The predicted octanol–water partition coefficient (Wildman–Crippen LogP) is 6.04. The van der Waals surface area contributed by atoms with Gasteiger partial charge in [-0.15, -0.1) is 0 Å². The smallest absolute Gasteiger partial charge is 0.426 e. The molecule has 0 N–H and O–H groups in total. The van der Waals surface area contributed by atoms with Gasteiger partial charge in [0.05, 0.1) is 5.54 Å². The minimum Gasteiger partial charge on any atom is -0.426 e. The minimum atomic E-state index is -5.91. The van der Waals surface area contributed by atoms with Crippen molar-refractivity contribution in [1.29, 1.82) is 0 Å². The van der Waals surface area contributed by atoms with Crippen LogP contribution in [0.4, 0.5) is 22.0 Å². The number of hydrogen-bond donors (Lipinski definition) is 0. The molecule has 0 fully saturated rings. The topological polar surface area (TPSA) is 66.9 Å². The summed E-state index contributed by atoms with van der Waals surface area (Å²) in [6, 6.07) is 9.70. The first-order chi connectivity index (χ1) is 16.5. The van der Waals surface area contributed by atoms with Crippen molar-refractivity contribution in [3.63, 3.8) is 0 Å². The molecule has 0 atom stereocenters. The summed E-state index contributed by atoms with van der Waals surface area (Å²) < 4.78 is 67.3. The molecule has 0 aliphatic rings. The molecule has 0 heterocycles. The van der Waals surface area contributed by atoms with E-state index in [-0.39, 0.29) is 22.8 Å². The van der Waals surface area contributed by atoms with E-state index in [4.69, 9.17) is 0 Å². The molecule has 12 heteroatoms. The van der Waals surface area contributed by atoms with Crippen molar-refractivity contribution in [3.8, 4) is 5.75 Å². The number of thioether (sulfide) groups is 1. The highest BCUT2D eigenvalue weighted by Gasteiger charge is 2.61. The second kappa shape index (κ2) is 10.9. The van der Waals surface area contributed by atoms with E-state index in [1.807, 2.05) is 0 Å². The molecule has 0 unspecified atom stereocenters. The summed E-state index contributed by atoms with van der Waals surface area (Å²) in [5.74, 6) is -2.07. The lowest BCUT2D eigenvalue weighted by molar-refractivity contribution is -0.360.